The van der Waals surface area contributed by atoms with Gasteiger partial charge in [-0.05, 0) is 19.3 Å². The van der Waals surface area contributed by atoms with E-state index in [1.54, 1.807) is 0 Å². The Hall–Kier alpha value is -1.27. The highest BCUT2D eigenvalue weighted by atomic mass is 19.4. The molecule has 1 saturated carbocycles. The van der Waals surface area contributed by atoms with E-state index in [2.05, 4.69) is 0 Å². The zero-order chi connectivity index (χ0) is 12.8. The molecule has 0 bridgehead atoms. The second-order valence-electron chi connectivity index (χ2n) is 4.79. The summed E-state index contributed by atoms with van der Waals surface area (Å²) in [5.41, 5.74) is -0.606. The van der Waals surface area contributed by atoms with Gasteiger partial charge in [-0.15, -0.1) is 0 Å². The first-order chi connectivity index (χ1) is 7.76. The fraction of sp³-hybridized carbons (Fsp3) is 0.800. The van der Waals surface area contributed by atoms with Crippen LogP contribution in [0.2, 0.25) is 0 Å². The van der Waals surface area contributed by atoms with E-state index in [1.165, 1.54) is 0 Å². The van der Waals surface area contributed by atoms with Crippen LogP contribution in [-0.4, -0.2) is 41.1 Å². The molecule has 17 heavy (non-hydrogen) atoms. The third-order valence-corrected chi connectivity index (χ3v) is 3.63. The molecular weight excluding hydrogens is 239 g/mol. The number of nitrogens with zero attached hydrogens (tertiary/aromatic N) is 1. The van der Waals surface area contributed by atoms with Gasteiger partial charge >= 0.3 is 18.1 Å². The van der Waals surface area contributed by atoms with E-state index in [0.717, 1.165) is 4.90 Å². The van der Waals surface area contributed by atoms with Gasteiger partial charge in [0.2, 0.25) is 0 Å². The minimum atomic E-state index is -4.87. The first-order valence-electron chi connectivity index (χ1n) is 5.35. The van der Waals surface area contributed by atoms with Crippen LogP contribution in [0.5, 0.6) is 0 Å². The maximum Gasteiger partial charge on any atom is 0.471 e. The molecule has 7 heteroatoms. The van der Waals surface area contributed by atoms with Crippen LogP contribution >= 0.6 is 0 Å². The number of carbonyl (C=O) groups excluding carboxylic acids is 1. The summed E-state index contributed by atoms with van der Waals surface area (Å²) in [5.74, 6) is -3.43. The number of hydrogen-bond acceptors (Lipinski definition) is 2. The molecule has 4 nitrogen and oxygen atoms in total. The van der Waals surface area contributed by atoms with Crippen LogP contribution in [0.4, 0.5) is 13.2 Å². The lowest BCUT2D eigenvalue weighted by molar-refractivity contribution is -0.187. The van der Waals surface area contributed by atoms with Gasteiger partial charge in [-0.25, -0.2) is 0 Å². The summed E-state index contributed by atoms with van der Waals surface area (Å²) in [6, 6.07) is 0. The van der Waals surface area contributed by atoms with Gasteiger partial charge < -0.3 is 10.0 Å². The topological polar surface area (TPSA) is 57.6 Å². The number of carboxylic acid groups (broad SMARTS) is 1. The number of likely N-dealkylation sites (tertiary alicyclic amines) is 1. The van der Waals surface area contributed by atoms with Crippen molar-refractivity contribution in [1.29, 1.82) is 0 Å². The average molecular weight is 251 g/mol. The van der Waals surface area contributed by atoms with Crippen LogP contribution in [0.1, 0.15) is 19.3 Å². The van der Waals surface area contributed by atoms with Crippen molar-refractivity contribution in [2.75, 3.05) is 13.1 Å². The second-order valence-corrected chi connectivity index (χ2v) is 4.79. The van der Waals surface area contributed by atoms with Crippen molar-refractivity contribution in [3.63, 3.8) is 0 Å². The molecule has 1 heterocycles. The smallest absolute Gasteiger partial charge is 0.471 e. The number of hydrogen-bond donors (Lipinski definition) is 1. The molecule has 1 spiro atoms. The predicted molar refractivity (Wildman–Crippen MR) is 50.0 cm³/mol. The minimum absolute atomic E-state index is 0.0619. The summed E-state index contributed by atoms with van der Waals surface area (Å²) >= 11 is 0. The summed E-state index contributed by atoms with van der Waals surface area (Å²) in [4.78, 5) is 22.6. The molecule has 1 amide bonds. The molecule has 1 aliphatic heterocycles. The van der Waals surface area contributed by atoms with E-state index < -0.39 is 29.4 Å². The molecule has 2 rings (SSSR count). The van der Waals surface area contributed by atoms with Gasteiger partial charge in [-0.2, -0.15) is 13.2 Å². The number of rotatable bonds is 1. The van der Waals surface area contributed by atoms with Gasteiger partial charge in [0.15, 0.2) is 0 Å². The number of amides is 1. The number of carboxylic acids is 1. The molecule has 2 unspecified atom stereocenters. The minimum Gasteiger partial charge on any atom is -0.481 e. The van der Waals surface area contributed by atoms with Crippen LogP contribution in [0.3, 0.4) is 0 Å². The third kappa shape index (κ3) is 2.10. The lowest BCUT2D eigenvalue weighted by Crippen LogP contribution is -2.47. The van der Waals surface area contributed by atoms with Crippen molar-refractivity contribution in [3.8, 4) is 0 Å². The molecule has 0 aromatic heterocycles. The molecule has 1 saturated heterocycles. The van der Waals surface area contributed by atoms with Gasteiger partial charge in [0.05, 0.1) is 5.92 Å². The molecule has 0 aromatic rings. The third-order valence-electron chi connectivity index (χ3n) is 3.63. The van der Waals surface area contributed by atoms with Crippen LogP contribution in [-0.2, 0) is 9.59 Å². The van der Waals surface area contributed by atoms with E-state index in [1.807, 2.05) is 0 Å². The zero-order valence-corrected chi connectivity index (χ0v) is 8.96. The standard InChI is InChI=1S/C10H12F3NO3/c11-10(12,13)8(17)14-3-1-2-9(5-14)4-6(9)7(15)16/h6H,1-5H2,(H,15,16). The molecule has 96 valence electrons. The fourth-order valence-electron chi connectivity index (χ4n) is 2.66. The highest BCUT2D eigenvalue weighted by molar-refractivity contribution is 5.82. The molecule has 2 aliphatic rings. The van der Waals surface area contributed by atoms with E-state index >= 15 is 0 Å². The van der Waals surface area contributed by atoms with Gasteiger partial charge in [-0.3, -0.25) is 9.59 Å². The fourth-order valence-corrected chi connectivity index (χ4v) is 2.66. The van der Waals surface area contributed by atoms with Crippen molar-refractivity contribution in [2.24, 2.45) is 11.3 Å². The van der Waals surface area contributed by atoms with Crippen LogP contribution < -0.4 is 0 Å². The highest BCUT2D eigenvalue weighted by Gasteiger charge is 2.61. The average Bonchev–Trinajstić information content (AvgIpc) is 2.90. The first-order valence-corrected chi connectivity index (χ1v) is 5.35. The monoisotopic (exact) mass is 251 g/mol. The van der Waals surface area contributed by atoms with Gasteiger partial charge in [0.25, 0.3) is 0 Å². The Bertz CT molecular complexity index is 368. The van der Waals surface area contributed by atoms with Crippen LogP contribution in [0.15, 0.2) is 0 Å². The van der Waals surface area contributed by atoms with Crippen molar-refractivity contribution in [2.45, 2.75) is 25.4 Å². The zero-order valence-electron chi connectivity index (χ0n) is 8.96. The Morgan fingerprint density at radius 1 is 1.35 bits per heavy atom. The van der Waals surface area contributed by atoms with Gasteiger partial charge in [-0.1, -0.05) is 0 Å². The highest BCUT2D eigenvalue weighted by Crippen LogP contribution is 2.58. The second kappa shape index (κ2) is 3.61. The SMILES string of the molecule is O=C(O)C1CC12CCCN(C(=O)C(F)(F)F)C2. The van der Waals surface area contributed by atoms with Crippen LogP contribution in [0, 0.1) is 11.3 Å². The van der Waals surface area contributed by atoms with Crippen LogP contribution in [0.25, 0.3) is 0 Å². The Morgan fingerprint density at radius 2 is 2.00 bits per heavy atom. The van der Waals surface area contributed by atoms with E-state index in [0.29, 0.717) is 19.3 Å². The molecule has 2 fully saturated rings. The lowest BCUT2D eigenvalue weighted by atomic mass is 9.92. The van der Waals surface area contributed by atoms with Gasteiger partial charge in [0.1, 0.15) is 0 Å². The normalized spacial score (nSPS) is 32.6. The maximum atomic E-state index is 12.3. The van der Waals surface area contributed by atoms with E-state index in [-0.39, 0.29) is 13.1 Å². The summed E-state index contributed by atoms with van der Waals surface area (Å²) < 4.78 is 36.8. The number of aliphatic carboxylic acids is 1. The Labute approximate surface area is 95.4 Å². The van der Waals surface area contributed by atoms with Crippen molar-refractivity contribution in [1.82, 2.24) is 4.90 Å². The first kappa shape index (κ1) is 12.2. The predicted octanol–water partition coefficient (Wildman–Crippen LogP) is 1.26. The molecule has 1 N–H and O–H groups in total. The lowest BCUT2D eigenvalue weighted by Gasteiger charge is -2.33. The Balaban J connectivity index is 2.05. The molecule has 1 aliphatic carbocycles. The van der Waals surface area contributed by atoms with E-state index in [9.17, 15) is 22.8 Å². The molecular formula is C10H12F3NO3. The molecule has 0 aromatic carbocycles. The summed E-state index contributed by atoms with van der Waals surface area (Å²) in [6.07, 6.45) is -3.46. The number of piperidine rings is 1. The van der Waals surface area contributed by atoms with Gasteiger partial charge in [0, 0.05) is 18.5 Å². The largest absolute Gasteiger partial charge is 0.481 e. The van der Waals surface area contributed by atoms with Crippen molar-refractivity contribution in [3.05, 3.63) is 0 Å². The molecule has 0 radical (unpaired) electrons. The summed E-state index contributed by atoms with van der Waals surface area (Å²) in [5, 5.41) is 8.83. The maximum absolute atomic E-state index is 12.3. The quantitative estimate of drug-likeness (QED) is 0.763. The van der Waals surface area contributed by atoms with Crippen molar-refractivity contribution < 1.29 is 27.9 Å². The summed E-state index contributed by atoms with van der Waals surface area (Å²) in [6.45, 7) is -0.0191. The number of carbonyl (C=O) groups is 2. The number of alkyl halides is 3. The van der Waals surface area contributed by atoms with E-state index in [4.69, 9.17) is 5.11 Å². The Kier molecular flexibility index (Phi) is 2.59. The number of halogens is 3. The van der Waals surface area contributed by atoms with Crippen molar-refractivity contribution >= 4 is 11.9 Å². The summed E-state index contributed by atoms with van der Waals surface area (Å²) in [7, 11) is 0. The molecule has 2 atom stereocenters. The Morgan fingerprint density at radius 3 is 2.47 bits per heavy atom.